The molecule has 0 amide bonds. The molecule has 2 rings (SSSR count). The molecule has 0 spiro atoms. The lowest BCUT2D eigenvalue weighted by atomic mass is 10.3. The Labute approximate surface area is 99.1 Å². The molecular formula is C11H13N5O. The second-order valence-electron chi connectivity index (χ2n) is 3.19. The Bertz CT molecular complexity index is 488. The van der Waals surface area contributed by atoms with Crippen LogP contribution in [-0.2, 0) is 0 Å². The van der Waals surface area contributed by atoms with Crippen LogP contribution in [0.5, 0.6) is 6.01 Å². The van der Waals surface area contributed by atoms with E-state index < -0.39 is 0 Å². The van der Waals surface area contributed by atoms with Gasteiger partial charge in [-0.25, -0.2) is 0 Å². The van der Waals surface area contributed by atoms with E-state index in [0.717, 1.165) is 5.56 Å². The molecule has 2 heterocycles. The van der Waals surface area contributed by atoms with Crippen molar-refractivity contribution in [2.24, 2.45) is 0 Å². The van der Waals surface area contributed by atoms with E-state index in [2.05, 4.69) is 25.3 Å². The predicted molar refractivity (Wildman–Crippen MR) is 63.8 cm³/mol. The van der Waals surface area contributed by atoms with Crippen LogP contribution in [0.25, 0.3) is 11.4 Å². The number of anilines is 1. The number of nitrogens with zero attached hydrogens (tertiary/aromatic N) is 4. The smallest absolute Gasteiger partial charge is 0.321 e. The van der Waals surface area contributed by atoms with Crippen molar-refractivity contribution in [1.82, 2.24) is 19.9 Å². The zero-order valence-corrected chi connectivity index (χ0v) is 9.71. The third-order valence-electron chi connectivity index (χ3n) is 2.03. The summed E-state index contributed by atoms with van der Waals surface area (Å²) in [6, 6.07) is 4.03. The molecule has 0 aliphatic rings. The van der Waals surface area contributed by atoms with Gasteiger partial charge in [-0.1, -0.05) is 0 Å². The Morgan fingerprint density at radius 2 is 2.18 bits per heavy atom. The van der Waals surface area contributed by atoms with Crippen molar-refractivity contribution in [3.63, 3.8) is 0 Å². The molecule has 6 heteroatoms. The maximum atomic E-state index is 5.29. The number of ether oxygens (including phenoxy) is 1. The van der Waals surface area contributed by atoms with Crippen LogP contribution >= 0.6 is 0 Å². The highest BCUT2D eigenvalue weighted by Gasteiger charge is 2.08. The van der Waals surface area contributed by atoms with Gasteiger partial charge in [0, 0.05) is 25.0 Å². The third kappa shape index (κ3) is 2.66. The average Bonchev–Trinajstić information content (AvgIpc) is 2.40. The first-order valence-electron chi connectivity index (χ1n) is 5.30. The molecule has 0 aromatic carbocycles. The number of rotatable bonds is 4. The molecule has 1 N–H and O–H groups in total. The first-order valence-corrected chi connectivity index (χ1v) is 5.30. The monoisotopic (exact) mass is 231 g/mol. The Hall–Kier alpha value is -2.24. The number of pyridine rings is 1. The predicted octanol–water partition coefficient (Wildman–Crippen LogP) is 1.37. The van der Waals surface area contributed by atoms with E-state index in [9.17, 15) is 0 Å². The Balaban J connectivity index is 2.43. The minimum atomic E-state index is 0.311. The summed E-state index contributed by atoms with van der Waals surface area (Å²) in [6.07, 6.45) is 3.40. The van der Waals surface area contributed by atoms with Crippen LogP contribution in [0.4, 0.5) is 5.95 Å². The maximum absolute atomic E-state index is 5.29. The van der Waals surface area contributed by atoms with Gasteiger partial charge in [-0.3, -0.25) is 4.98 Å². The first kappa shape index (κ1) is 11.3. The van der Waals surface area contributed by atoms with Crippen molar-refractivity contribution in [3.8, 4) is 17.4 Å². The fraction of sp³-hybridized carbons (Fsp3) is 0.273. The van der Waals surface area contributed by atoms with E-state index in [-0.39, 0.29) is 0 Å². The Morgan fingerprint density at radius 3 is 2.82 bits per heavy atom. The van der Waals surface area contributed by atoms with Gasteiger partial charge < -0.3 is 10.1 Å². The molecule has 0 fully saturated rings. The zero-order valence-electron chi connectivity index (χ0n) is 9.71. The zero-order chi connectivity index (χ0) is 12.1. The second kappa shape index (κ2) is 5.20. The van der Waals surface area contributed by atoms with Crippen LogP contribution in [0.15, 0.2) is 24.5 Å². The van der Waals surface area contributed by atoms with Gasteiger partial charge in [-0.2, -0.15) is 15.0 Å². The number of nitrogens with one attached hydrogen (secondary N) is 1. The van der Waals surface area contributed by atoms with E-state index >= 15 is 0 Å². The SMILES string of the molecule is CCOc1nc(NC)nc(-c2cccnc2)n1. The first-order chi connectivity index (χ1) is 8.33. The molecule has 0 saturated carbocycles. The maximum Gasteiger partial charge on any atom is 0.321 e. The average molecular weight is 231 g/mol. The summed E-state index contributed by atoms with van der Waals surface area (Å²) in [4.78, 5) is 16.6. The summed E-state index contributed by atoms with van der Waals surface area (Å²) in [5.41, 5.74) is 0.826. The summed E-state index contributed by atoms with van der Waals surface area (Å²) in [5.74, 6) is 1.02. The molecule has 0 saturated heterocycles. The lowest BCUT2D eigenvalue weighted by molar-refractivity contribution is 0.312. The van der Waals surface area contributed by atoms with Crippen LogP contribution < -0.4 is 10.1 Å². The van der Waals surface area contributed by atoms with Gasteiger partial charge in [-0.15, -0.1) is 0 Å². The highest BCUT2D eigenvalue weighted by molar-refractivity contribution is 5.54. The van der Waals surface area contributed by atoms with E-state index in [1.54, 1.807) is 19.4 Å². The molecule has 0 unspecified atom stereocenters. The lowest BCUT2D eigenvalue weighted by Gasteiger charge is -2.06. The topological polar surface area (TPSA) is 72.8 Å². The van der Waals surface area contributed by atoms with Crippen molar-refractivity contribution >= 4 is 5.95 Å². The van der Waals surface area contributed by atoms with E-state index in [1.807, 2.05) is 19.1 Å². The van der Waals surface area contributed by atoms with Crippen molar-refractivity contribution in [1.29, 1.82) is 0 Å². The fourth-order valence-electron chi connectivity index (χ4n) is 1.29. The molecule has 0 bridgehead atoms. The quantitative estimate of drug-likeness (QED) is 0.856. The van der Waals surface area contributed by atoms with E-state index in [0.29, 0.717) is 24.4 Å². The number of hydrogen-bond acceptors (Lipinski definition) is 6. The summed E-state index contributed by atoms with van der Waals surface area (Å²) < 4.78 is 5.29. The highest BCUT2D eigenvalue weighted by atomic mass is 16.5. The second-order valence-corrected chi connectivity index (χ2v) is 3.19. The summed E-state index contributed by atoms with van der Waals surface area (Å²) in [5, 5.41) is 2.87. The molecule has 0 radical (unpaired) electrons. The van der Waals surface area contributed by atoms with Crippen LogP contribution in [0.1, 0.15) is 6.92 Å². The largest absolute Gasteiger partial charge is 0.464 e. The molecule has 2 aromatic rings. The van der Waals surface area contributed by atoms with E-state index in [1.165, 1.54) is 0 Å². The summed E-state index contributed by atoms with van der Waals surface area (Å²) >= 11 is 0. The number of aromatic nitrogens is 4. The molecule has 0 aliphatic carbocycles. The van der Waals surface area contributed by atoms with Crippen molar-refractivity contribution in [2.75, 3.05) is 19.0 Å². The summed E-state index contributed by atoms with van der Waals surface area (Å²) in [7, 11) is 1.75. The van der Waals surface area contributed by atoms with Crippen LogP contribution in [0.2, 0.25) is 0 Å². The van der Waals surface area contributed by atoms with Gasteiger partial charge in [0.15, 0.2) is 5.82 Å². The van der Waals surface area contributed by atoms with Gasteiger partial charge in [0.1, 0.15) is 0 Å². The third-order valence-corrected chi connectivity index (χ3v) is 2.03. The number of hydrogen-bond donors (Lipinski definition) is 1. The normalized spacial score (nSPS) is 10.0. The van der Waals surface area contributed by atoms with E-state index in [4.69, 9.17) is 4.74 Å². The fourth-order valence-corrected chi connectivity index (χ4v) is 1.29. The lowest BCUT2D eigenvalue weighted by Crippen LogP contribution is -2.05. The molecular weight excluding hydrogens is 218 g/mol. The highest BCUT2D eigenvalue weighted by Crippen LogP contribution is 2.17. The molecule has 0 aliphatic heterocycles. The van der Waals surface area contributed by atoms with Crippen molar-refractivity contribution in [3.05, 3.63) is 24.5 Å². The van der Waals surface area contributed by atoms with Crippen molar-refractivity contribution in [2.45, 2.75) is 6.92 Å². The van der Waals surface area contributed by atoms with Gasteiger partial charge in [0.2, 0.25) is 5.95 Å². The van der Waals surface area contributed by atoms with Gasteiger partial charge >= 0.3 is 6.01 Å². The van der Waals surface area contributed by atoms with Crippen LogP contribution in [0.3, 0.4) is 0 Å². The Kier molecular flexibility index (Phi) is 3.44. The molecule has 17 heavy (non-hydrogen) atoms. The molecule has 6 nitrogen and oxygen atoms in total. The standard InChI is InChI=1S/C11H13N5O/c1-3-17-11-15-9(14-10(12-2)16-11)8-5-4-6-13-7-8/h4-7H,3H2,1-2H3,(H,12,14,15,16). The van der Waals surface area contributed by atoms with Crippen LogP contribution in [0, 0.1) is 0 Å². The molecule has 2 aromatic heterocycles. The minimum Gasteiger partial charge on any atom is -0.464 e. The molecule has 0 atom stereocenters. The van der Waals surface area contributed by atoms with Gasteiger partial charge in [0.25, 0.3) is 0 Å². The van der Waals surface area contributed by atoms with Crippen molar-refractivity contribution < 1.29 is 4.74 Å². The van der Waals surface area contributed by atoms with Crippen LogP contribution in [-0.4, -0.2) is 33.6 Å². The summed E-state index contributed by atoms with van der Waals surface area (Å²) in [6.45, 7) is 2.40. The van der Waals surface area contributed by atoms with Gasteiger partial charge in [-0.05, 0) is 19.1 Å². The Morgan fingerprint density at radius 1 is 1.29 bits per heavy atom. The minimum absolute atomic E-state index is 0.311. The van der Waals surface area contributed by atoms with Gasteiger partial charge in [0.05, 0.1) is 6.61 Å². The molecule has 88 valence electrons.